The summed E-state index contributed by atoms with van der Waals surface area (Å²) in [7, 11) is 0. The first-order chi connectivity index (χ1) is 9.38. The Kier molecular flexibility index (Phi) is 4.78. The van der Waals surface area contributed by atoms with Crippen molar-refractivity contribution in [3.8, 4) is 0 Å². The van der Waals surface area contributed by atoms with Crippen molar-refractivity contribution in [1.29, 1.82) is 0 Å². The van der Waals surface area contributed by atoms with Crippen LogP contribution in [0.3, 0.4) is 0 Å². The maximum atomic E-state index is 13.3. The highest BCUT2D eigenvalue weighted by atomic mass is 79.9. The van der Waals surface area contributed by atoms with Crippen LogP contribution in [0.25, 0.3) is 0 Å². The van der Waals surface area contributed by atoms with Crippen LogP contribution in [0.1, 0.15) is 18.5 Å². The average Bonchev–Trinajstić information content (AvgIpc) is 2.35. The van der Waals surface area contributed by atoms with Crippen molar-refractivity contribution < 1.29 is 4.39 Å². The zero-order valence-electron chi connectivity index (χ0n) is 10.6. The molecule has 0 saturated heterocycles. The Bertz CT molecular complexity index is 649. The first-order valence-corrected chi connectivity index (χ1v) is 7.39. The molecule has 0 saturated carbocycles. The van der Waals surface area contributed by atoms with Crippen LogP contribution >= 0.6 is 39.1 Å². The Morgan fingerprint density at radius 3 is 2.60 bits per heavy atom. The molecule has 0 aromatic heterocycles. The summed E-state index contributed by atoms with van der Waals surface area (Å²) >= 11 is 15.2. The minimum Gasteiger partial charge on any atom is -0.397 e. The molecule has 0 amide bonds. The van der Waals surface area contributed by atoms with E-state index in [2.05, 4.69) is 21.2 Å². The third-order valence-corrected chi connectivity index (χ3v) is 4.06. The molecule has 6 heteroatoms. The smallest absolute Gasteiger partial charge is 0.139 e. The van der Waals surface area contributed by atoms with Gasteiger partial charge in [0.2, 0.25) is 0 Å². The monoisotopic (exact) mass is 376 g/mol. The van der Waals surface area contributed by atoms with Gasteiger partial charge in [0.25, 0.3) is 0 Å². The second-order valence-corrected chi connectivity index (χ2v) is 6.08. The van der Waals surface area contributed by atoms with Crippen molar-refractivity contribution in [1.82, 2.24) is 0 Å². The summed E-state index contributed by atoms with van der Waals surface area (Å²) < 4.78 is 13.7. The highest BCUT2D eigenvalue weighted by Crippen LogP contribution is 2.32. The van der Waals surface area contributed by atoms with Gasteiger partial charge in [-0.25, -0.2) is 4.39 Å². The lowest BCUT2D eigenvalue weighted by Crippen LogP contribution is -2.09. The lowest BCUT2D eigenvalue weighted by Gasteiger charge is -2.19. The molecule has 2 aromatic rings. The molecule has 0 bridgehead atoms. The molecule has 0 unspecified atom stereocenters. The Labute approximate surface area is 135 Å². The maximum Gasteiger partial charge on any atom is 0.139 e. The summed E-state index contributed by atoms with van der Waals surface area (Å²) in [5.74, 6) is -0.398. The molecule has 0 heterocycles. The molecular formula is C14H12BrCl2FN2. The fourth-order valence-corrected chi connectivity index (χ4v) is 2.77. The summed E-state index contributed by atoms with van der Waals surface area (Å²) in [5.41, 5.74) is 7.66. The zero-order valence-corrected chi connectivity index (χ0v) is 13.7. The molecule has 0 radical (unpaired) electrons. The number of hydrogen-bond acceptors (Lipinski definition) is 2. The number of nitrogens with two attached hydrogens (primary N) is 1. The summed E-state index contributed by atoms with van der Waals surface area (Å²) in [6.45, 7) is 1.94. The molecule has 0 aliphatic carbocycles. The molecule has 0 aliphatic heterocycles. The van der Waals surface area contributed by atoms with E-state index in [1.807, 2.05) is 13.0 Å². The molecule has 2 nitrogen and oxygen atoms in total. The Balaban J connectivity index is 2.27. The van der Waals surface area contributed by atoms with Gasteiger partial charge < -0.3 is 11.1 Å². The van der Waals surface area contributed by atoms with E-state index >= 15 is 0 Å². The van der Waals surface area contributed by atoms with Crippen LogP contribution in [0.2, 0.25) is 10.0 Å². The number of hydrogen-bond donors (Lipinski definition) is 2. The van der Waals surface area contributed by atoms with Gasteiger partial charge in [0.1, 0.15) is 5.82 Å². The summed E-state index contributed by atoms with van der Waals surface area (Å²) in [4.78, 5) is 0. The van der Waals surface area contributed by atoms with Gasteiger partial charge in [-0.2, -0.15) is 0 Å². The summed E-state index contributed by atoms with van der Waals surface area (Å²) in [6.07, 6.45) is 0. The molecule has 2 rings (SSSR count). The third-order valence-electron chi connectivity index (χ3n) is 2.89. The van der Waals surface area contributed by atoms with Crippen molar-refractivity contribution in [3.63, 3.8) is 0 Å². The fraction of sp³-hybridized carbons (Fsp3) is 0.143. The normalized spacial score (nSPS) is 12.2. The van der Waals surface area contributed by atoms with Crippen LogP contribution in [-0.4, -0.2) is 0 Å². The molecule has 1 atom stereocenters. The van der Waals surface area contributed by atoms with E-state index in [0.29, 0.717) is 25.9 Å². The standard InChI is InChI=1S/C14H12BrCl2FN2/c1-7(9-3-2-8(16)4-11(9)17)20-14-5-10(15)12(18)6-13(14)19/h2-7,20H,19H2,1H3/t7-/m1/s1. The molecule has 0 fully saturated rings. The molecule has 0 aliphatic rings. The minimum absolute atomic E-state index is 0.0978. The van der Waals surface area contributed by atoms with E-state index in [1.165, 1.54) is 6.07 Å². The molecule has 20 heavy (non-hydrogen) atoms. The molecule has 2 aromatic carbocycles. The topological polar surface area (TPSA) is 38.0 Å². The number of halogens is 4. The van der Waals surface area contributed by atoms with Crippen LogP contribution in [0.5, 0.6) is 0 Å². The maximum absolute atomic E-state index is 13.3. The van der Waals surface area contributed by atoms with Gasteiger partial charge in [-0.05, 0) is 46.6 Å². The third kappa shape index (κ3) is 3.37. The van der Waals surface area contributed by atoms with Crippen LogP contribution in [0.4, 0.5) is 15.8 Å². The highest BCUT2D eigenvalue weighted by Gasteiger charge is 2.13. The molecular weight excluding hydrogens is 366 g/mol. The first-order valence-electron chi connectivity index (χ1n) is 5.84. The van der Waals surface area contributed by atoms with Gasteiger partial charge in [-0.3, -0.25) is 0 Å². The first kappa shape index (κ1) is 15.4. The average molecular weight is 378 g/mol. The Morgan fingerprint density at radius 1 is 1.25 bits per heavy atom. The predicted octanol–water partition coefficient (Wildman–Crippen LogP) is 5.65. The number of nitrogen functional groups attached to an aromatic ring is 1. The van der Waals surface area contributed by atoms with Gasteiger partial charge >= 0.3 is 0 Å². The van der Waals surface area contributed by atoms with Crippen molar-refractivity contribution in [2.24, 2.45) is 0 Å². The predicted molar refractivity (Wildman–Crippen MR) is 87.0 cm³/mol. The zero-order chi connectivity index (χ0) is 14.9. The van der Waals surface area contributed by atoms with Crippen molar-refractivity contribution in [2.75, 3.05) is 11.1 Å². The largest absolute Gasteiger partial charge is 0.397 e. The van der Waals surface area contributed by atoms with Crippen LogP contribution in [0.15, 0.2) is 34.8 Å². The number of nitrogens with one attached hydrogen (secondary N) is 1. The van der Waals surface area contributed by atoms with Crippen molar-refractivity contribution >= 4 is 50.5 Å². The molecule has 106 valence electrons. The molecule has 3 N–H and O–H groups in total. The Morgan fingerprint density at radius 2 is 1.95 bits per heavy atom. The number of rotatable bonds is 3. The fourth-order valence-electron chi connectivity index (χ4n) is 1.85. The van der Waals surface area contributed by atoms with Gasteiger partial charge in [-0.1, -0.05) is 29.3 Å². The van der Waals surface area contributed by atoms with Crippen LogP contribution in [0, 0.1) is 5.82 Å². The van der Waals surface area contributed by atoms with E-state index in [9.17, 15) is 4.39 Å². The van der Waals surface area contributed by atoms with E-state index in [4.69, 9.17) is 28.9 Å². The minimum atomic E-state index is -0.398. The van der Waals surface area contributed by atoms with Crippen molar-refractivity contribution in [3.05, 3.63) is 56.2 Å². The lowest BCUT2D eigenvalue weighted by molar-refractivity contribution is 0.622. The van der Waals surface area contributed by atoms with Gasteiger partial charge in [0.15, 0.2) is 0 Å². The van der Waals surface area contributed by atoms with Gasteiger partial charge in [-0.15, -0.1) is 0 Å². The van der Waals surface area contributed by atoms with Crippen LogP contribution < -0.4 is 11.1 Å². The Hall–Kier alpha value is -0.970. The van der Waals surface area contributed by atoms with Crippen LogP contribution in [-0.2, 0) is 0 Å². The quantitative estimate of drug-likeness (QED) is 0.678. The second kappa shape index (κ2) is 6.20. The second-order valence-electron chi connectivity index (χ2n) is 4.39. The highest BCUT2D eigenvalue weighted by molar-refractivity contribution is 9.10. The van der Waals surface area contributed by atoms with Gasteiger partial charge in [0, 0.05) is 16.1 Å². The number of benzene rings is 2. The SMILES string of the molecule is C[C@@H](Nc1cc(Br)c(F)cc1N)c1ccc(Cl)cc1Cl. The summed E-state index contributed by atoms with van der Waals surface area (Å²) in [6, 6.07) is 8.07. The van der Waals surface area contributed by atoms with Gasteiger partial charge in [0.05, 0.1) is 21.9 Å². The van der Waals surface area contributed by atoms with E-state index in [0.717, 1.165) is 5.56 Å². The summed E-state index contributed by atoms with van der Waals surface area (Å²) in [5, 5.41) is 4.35. The lowest BCUT2D eigenvalue weighted by atomic mass is 10.1. The van der Waals surface area contributed by atoms with E-state index in [1.54, 1.807) is 18.2 Å². The van der Waals surface area contributed by atoms with E-state index in [-0.39, 0.29) is 6.04 Å². The number of anilines is 2. The van der Waals surface area contributed by atoms with E-state index < -0.39 is 5.82 Å². The van der Waals surface area contributed by atoms with Crippen molar-refractivity contribution in [2.45, 2.75) is 13.0 Å². The molecule has 0 spiro atoms.